The zero-order valence-electron chi connectivity index (χ0n) is 18.6. The number of rotatable bonds is 7. The van der Waals surface area contributed by atoms with E-state index in [0.29, 0.717) is 13.0 Å². The van der Waals surface area contributed by atoms with Crippen LogP contribution < -0.4 is 15.6 Å². The van der Waals surface area contributed by atoms with Crippen LogP contribution in [0.2, 0.25) is 0 Å². The van der Waals surface area contributed by atoms with Gasteiger partial charge in [0.05, 0.1) is 0 Å². The molecule has 3 aromatic rings. The van der Waals surface area contributed by atoms with Crippen molar-refractivity contribution in [1.82, 2.24) is 4.57 Å². The summed E-state index contributed by atoms with van der Waals surface area (Å²) in [6.07, 6.45) is 2.25. The number of carbonyl (C=O) groups is 1. The maximum Gasteiger partial charge on any atom is 0.402 e. The number of amides is 1. The minimum absolute atomic E-state index is 0.294. The number of carbonyl (C=O) groups excluding carboxylic acids is 1. The molecule has 3 aromatic carbocycles. The lowest BCUT2D eigenvalue weighted by Gasteiger charge is -2.43. The van der Waals surface area contributed by atoms with Crippen molar-refractivity contribution < 1.29 is 9.53 Å². The standard InChI is InChI=1S/C27H31NO2Si/c1-5-6-22-28(26(29)30-27(2,3)4)31(23-16-10-7-11-17-23,24-18-12-8-13-19-24)25-20-14-9-15-21-25/h5,7-21H,1,6,22H2,2-4H3. The molecule has 0 unspecified atom stereocenters. The molecule has 160 valence electrons. The van der Waals surface area contributed by atoms with Gasteiger partial charge in [-0.15, -0.1) is 6.58 Å². The van der Waals surface area contributed by atoms with E-state index in [2.05, 4.69) is 43.0 Å². The average Bonchev–Trinajstić information content (AvgIpc) is 2.77. The zero-order valence-corrected chi connectivity index (χ0v) is 19.6. The van der Waals surface area contributed by atoms with Gasteiger partial charge < -0.3 is 9.30 Å². The van der Waals surface area contributed by atoms with Gasteiger partial charge in [0.1, 0.15) is 5.60 Å². The van der Waals surface area contributed by atoms with E-state index in [1.807, 2.05) is 86.0 Å². The van der Waals surface area contributed by atoms with Gasteiger partial charge in [0.2, 0.25) is 0 Å². The SMILES string of the molecule is C=CCCN(C(=O)OC(C)(C)C)[Si](c1ccccc1)(c1ccccc1)c1ccccc1. The fourth-order valence-electron chi connectivity index (χ4n) is 3.94. The molecule has 3 rings (SSSR count). The zero-order chi connectivity index (χ0) is 22.3. The fourth-order valence-corrected chi connectivity index (χ4v) is 8.68. The van der Waals surface area contributed by atoms with Gasteiger partial charge in [-0.05, 0) is 42.8 Å². The number of hydrogen-bond donors (Lipinski definition) is 0. The Labute approximate surface area is 187 Å². The molecule has 0 radical (unpaired) electrons. The first-order valence-corrected chi connectivity index (χ1v) is 12.6. The third kappa shape index (κ3) is 4.97. The van der Waals surface area contributed by atoms with E-state index in [4.69, 9.17) is 4.74 Å². The second-order valence-corrected chi connectivity index (χ2v) is 12.2. The van der Waals surface area contributed by atoms with Crippen molar-refractivity contribution in [3.05, 3.63) is 104 Å². The van der Waals surface area contributed by atoms with Crippen LogP contribution in [0.25, 0.3) is 0 Å². The molecule has 1 amide bonds. The molecule has 0 saturated heterocycles. The maximum atomic E-state index is 13.7. The van der Waals surface area contributed by atoms with E-state index in [1.165, 1.54) is 0 Å². The smallest absolute Gasteiger partial charge is 0.402 e. The number of ether oxygens (including phenoxy) is 1. The van der Waals surface area contributed by atoms with Crippen LogP contribution in [0.1, 0.15) is 27.2 Å². The third-order valence-electron chi connectivity index (χ3n) is 5.15. The van der Waals surface area contributed by atoms with Gasteiger partial charge in [-0.3, -0.25) is 0 Å². The van der Waals surface area contributed by atoms with E-state index < -0.39 is 13.8 Å². The highest BCUT2D eigenvalue weighted by atomic mass is 28.3. The second kappa shape index (κ2) is 9.80. The molecule has 0 aliphatic heterocycles. The lowest BCUT2D eigenvalue weighted by molar-refractivity contribution is 0.0382. The number of benzene rings is 3. The van der Waals surface area contributed by atoms with Crippen molar-refractivity contribution in [3.63, 3.8) is 0 Å². The first kappa shape index (κ1) is 22.6. The summed E-state index contributed by atoms with van der Waals surface area (Å²) in [7, 11) is -2.94. The Kier molecular flexibility index (Phi) is 7.13. The summed E-state index contributed by atoms with van der Waals surface area (Å²) in [5, 5.41) is 3.42. The van der Waals surface area contributed by atoms with Crippen LogP contribution in [-0.2, 0) is 4.74 Å². The molecule has 0 N–H and O–H groups in total. The lowest BCUT2D eigenvalue weighted by atomic mass is 10.2. The molecule has 31 heavy (non-hydrogen) atoms. The minimum atomic E-state index is -2.94. The van der Waals surface area contributed by atoms with Crippen LogP contribution in [0.4, 0.5) is 4.79 Å². The van der Waals surface area contributed by atoms with Gasteiger partial charge in [-0.1, -0.05) is 97.1 Å². The van der Waals surface area contributed by atoms with Crippen LogP contribution >= 0.6 is 0 Å². The molecule has 0 bridgehead atoms. The van der Waals surface area contributed by atoms with Crippen molar-refractivity contribution in [2.45, 2.75) is 32.8 Å². The van der Waals surface area contributed by atoms with Gasteiger partial charge >= 0.3 is 6.09 Å². The van der Waals surface area contributed by atoms with Gasteiger partial charge in [0, 0.05) is 6.54 Å². The Bertz CT molecular complexity index is 885. The summed E-state index contributed by atoms with van der Waals surface area (Å²) < 4.78 is 7.94. The molecule has 3 nitrogen and oxygen atoms in total. The molecule has 0 atom stereocenters. The minimum Gasteiger partial charge on any atom is -0.444 e. The summed E-state index contributed by atoms with van der Waals surface area (Å²) >= 11 is 0. The number of nitrogens with zero attached hydrogens (tertiary/aromatic N) is 1. The van der Waals surface area contributed by atoms with Gasteiger partial charge in [-0.25, -0.2) is 4.79 Å². The molecule has 0 heterocycles. The summed E-state index contributed by atoms with van der Waals surface area (Å²) in [4.78, 5) is 13.7. The highest BCUT2D eigenvalue weighted by molar-refractivity contribution is 7.10. The first-order chi connectivity index (χ1) is 14.9. The first-order valence-electron chi connectivity index (χ1n) is 10.7. The molecule has 0 aromatic heterocycles. The van der Waals surface area contributed by atoms with E-state index in [-0.39, 0.29) is 6.09 Å². The van der Waals surface area contributed by atoms with Crippen molar-refractivity contribution >= 4 is 29.9 Å². The van der Waals surface area contributed by atoms with E-state index in [9.17, 15) is 4.79 Å². The summed E-state index contributed by atoms with van der Waals surface area (Å²) in [6, 6.07) is 31.1. The molecule has 0 saturated carbocycles. The summed E-state index contributed by atoms with van der Waals surface area (Å²) in [5.74, 6) is 0. The topological polar surface area (TPSA) is 29.5 Å². The second-order valence-electron chi connectivity index (χ2n) is 8.52. The highest BCUT2D eigenvalue weighted by Crippen LogP contribution is 2.19. The van der Waals surface area contributed by atoms with Crippen LogP contribution in [0.3, 0.4) is 0 Å². The molecule has 0 aliphatic carbocycles. The largest absolute Gasteiger partial charge is 0.444 e. The third-order valence-corrected chi connectivity index (χ3v) is 9.87. The normalized spacial score (nSPS) is 11.6. The summed E-state index contributed by atoms with van der Waals surface area (Å²) in [5.41, 5.74) is -0.590. The Balaban J connectivity index is 2.36. The Morgan fingerprint density at radius 3 is 1.55 bits per heavy atom. The van der Waals surface area contributed by atoms with Gasteiger partial charge in [-0.2, -0.15) is 0 Å². The Morgan fingerprint density at radius 2 is 1.23 bits per heavy atom. The van der Waals surface area contributed by atoms with Crippen molar-refractivity contribution in [2.75, 3.05) is 6.54 Å². The predicted octanol–water partition coefficient (Wildman–Crippen LogP) is 4.47. The fraction of sp³-hybridized carbons (Fsp3) is 0.222. The molecular weight excluding hydrogens is 398 g/mol. The van der Waals surface area contributed by atoms with Crippen LogP contribution in [0.5, 0.6) is 0 Å². The molecule has 0 aliphatic rings. The van der Waals surface area contributed by atoms with Crippen molar-refractivity contribution in [2.24, 2.45) is 0 Å². The maximum absolute atomic E-state index is 13.7. The van der Waals surface area contributed by atoms with Crippen molar-refractivity contribution in [3.8, 4) is 0 Å². The van der Waals surface area contributed by atoms with E-state index in [0.717, 1.165) is 15.6 Å². The summed E-state index contributed by atoms with van der Waals surface area (Å²) in [6.45, 7) is 10.2. The monoisotopic (exact) mass is 429 g/mol. The van der Waals surface area contributed by atoms with Gasteiger partial charge in [0.25, 0.3) is 8.24 Å². The molecular formula is C27H31NO2Si. The van der Waals surface area contributed by atoms with E-state index in [1.54, 1.807) is 0 Å². The highest BCUT2D eigenvalue weighted by Gasteiger charge is 2.49. The molecule has 0 fully saturated rings. The lowest BCUT2D eigenvalue weighted by Crippen LogP contribution is -2.78. The van der Waals surface area contributed by atoms with Crippen molar-refractivity contribution in [1.29, 1.82) is 0 Å². The van der Waals surface area contributed by atoms with Crippen LogP contribution in [0, 0.1) is 0 Å². The van der Waals surface area contributed by atoms with E-state index >= 15 is 0 Å². The quantitative estimate of drug-likeness (QED) is 0.315. The number of hydrogen-bond acceptors (Lipinski definition) is 2. The Hall–Kier alpha value is -3.11. The average molecular weight is 430 g/mol. The van der Waals surface area contributed by atoms with Crippen LogP contribution in [-0.4, -0.2) is 31.0 Å². The molecule has 4 heteroatoms. The molecule has 0 spiro atoms. The Morgan fingerprint density at radius 1 is 0.839 bits per heavy atom. The predicted molar refractivity (Wildman–Crippen MR) is 132 cm³/mol. The van der Waals surface area contributed by atoms with Gasteiger partial charge in [0.15, 0.2) is 0 Å². The van der Waals surface area contributed by atoms with Crippen LogP contribution in [0.15, 0.2) is 104 Å².